The lowest BCUT2D eigenvalue weighted by atomic mass is 9.83. The number of aromatic nitrogens is 2. The maximum atomic E-state index is 11.7. The van der Waals surface area contributed by atoms with Gasteiger partial charge in [-0.2, -0.15) is 0 Å². The average Bonchev–Trinajstić information content (AvgIpc) is 2.63. The highest BCUT2D eigenvalue weighted by Gasteiger charge is 2.53. The van der Waals surface area contributed by atoms with Crippen molar-refractivity contribution < 1.29 is 14.9 Å². The molecular weight excluding hydrogens is 252 g/mol. The summed E-state index contributed by atoms with van der Waals surface area (Å²) in [6.45, 7) is 1.13. The van der Waals surface area contributed by atoms with Gasteiger partial charge in [-0.15, -0.1) is 6.42 Å². The lowest BCUT2D eigenvalue weighted by Gasteiger charge is -2.27. The van der Waals surface area contributed by atoms with Crippen molar-refractivity contribution in [3.63, 3.8) is 0 Å². The fourth-order valence-electron chi connectivity index (χ4n) is 2.18. The first-order valence-corrected chi connectivity index (χ1v) is 5.67. The van der Waals surface area contributed by atoms with Crippen LogP contribution in [0, 0.1) is 17.8 Å². The quantitative estimate of drug-likeness (QED) is 0.561. The molecule has 7 nitrogen and oxygen atoms in total. The summed E-state index contributed by atoms with van der Waals surface area (Å²) in [6.07, 6.45) is 3.70. The van der Waals surface area contributed by atoms with E-state index in [1.54, 1.807) is 6.92 Å². The molecular formula is C12H14N2O5. The second-order valence-corrected chi connectivity index (χ2v) is 4.60. The van der Waals surface area contributed by atoms with Crippen molar-refractivity contribution in [2.24, 2.45) is 5.41 Å². The van der Waals surface area contributed by atoms with Gasteiger partial charge in [0.2, 0.25) is 0 Å². The monoisotopic (exact) mass is 266 g/mol. The van der Waals surface area contributed by atoms with E-state index in [1.807, 2.05) is 0 Å². The smallest absolute Gasteiger partial charge is 0.330 e. The van der Waals surface area contributed by atoms with Crippen molar-refractivity contribution in [1.82, 2.24) is 9.55 Å². The molecule has 1 saturated heterocycles. The minimum atomic E-state index is -1.19. The first-order valence-electron chi connectivity index (χ1n) is 5.67. The van der Waals surface area contributed by atoms with E-state index in [9.17, 15) is 14.7 Å². The van der Waals surface area contributed by atoms with Gasteiger partial charge in [-0.25, -0.2) is 4.79 Å². The summed E-state index contributed by atoms with van der Waals surface area (Å²) in [4.78, 5) is 24.9. The first kappa shape index (κ1) is 13.5. The van der Waals surface area contributed by atoms with Crippen molar-refractivity contribution in [3.8, 4) is 12.3 Å². The Morgan fingerprint density at radius 2 is 2.32 bits per heavy atom. The number of nitrogens with zero attached hydrogens (tertiary/aromatic N) is 1. The molecule has 1 aliphatic heterocycles. The topological polar surface area (TPSA) is 105 Å². The highest BCUT2D eigenvalue weighted by Crippen LogP contribution is 2.43. The number of ether oxygens (including phenoxy) is 1. The van der Waals surface area contributed by atoms with Gasteiger partial charge in [0.05, 0.1) is 6.61 Å². The van der Waals surface area contributed by atoms with E-state index >= 15 is 0 Å². The van der Waals surface area contributed by atoms with E-state index in [-0.39, 0.29) is 0 Å². The molecule has 7 heteroatoms. The Labute approximate surface area is 108 Å². The summed E-state index contributed by atoms with van der Waals surface area (Å²) in [7, 11) is 0. The highest BCUT2D eigenvalue weighted by molar-refractivity contribution is 5.15. The molecule has 0 amide bonds. The number of aromatic amines is 1. The van der Waals surface area contributed by atoms with Crippen molar-refractivity contribution in [2.45, 2.75) is 25.4 Å². The molecule has 0 aromatic carbocycles. The molecule has 1 aliphatic rings. The number of nitrogens with one attached hydrogen (secondary N) is 1. The molecule has 0 bridgehead atoms. The molecule has 2 unspecified atom stereocenters. The fourth-order valence-corrected chi connectivity index (χ4v) is 2.18. The van der Waals surface area contributed by atoms with Crippen LogP contribution in [0.1, 0.15) is 13.2 Å². The summed E-state index contributed by atoms with van der Waals surface area (Å²) in [5.41, 5.74) is -2.42. The Balaban J connectivity index is 2.52. The average molecular weight is 266 g/mol. The summed E-state index contributed by atoms with van der Waals surface area (Å²) in [5, 5.41) is 19.2. The van der Waals surface area contributed by atoms with E-state index in [1.165, 1.54) is 6.20 Å². The third-order valence-electron chi connectivity index (χ3n) is 3.38. The van der Waals surface area contributed by atoms with Crippen molar-refractivity contribution in [2.75, 3.05) is 6.61 Å². The summed E-state index contributed by atoms with van der Waals surface area (Å²) < 4.78 is 6.53. The van der Waals surface area contributed by atoms with Crippen LogP contribution in [0.3, 0.4) is 0 Å². The molecule has 1 fully saturated rings. The zero-order valence-electron chi connectivity index (χ0n) is 10.2. The minimum Gasteiger partial charge on any atom is -0.394 e. The zero-order chi connectivity index (χ0) is 14.2. The largest absolute Gasteiger partial charge is 0.394 e. The Kier molecular flexibility index (Phi) is 3.32. The number of terminal acetylenes is 1. The Bertz CT molecular complexity index is 628. The zero-order valence-corrected chi connectivity index (χ0v) is 10.2. The second kappa shape index (κ2) is 4.66. The van der Waals surface area contributed by atoms with Crippen LogP contribution in [0.2, 0.25) is 0 Å². The summed E-state index contributed by atoms with van der Waals surface area (Å²) in [5.74, 6) is 2.41. The normalized spacial score (nSPS) is 34.1. The van der Waals surface area contributed by atoms with E-state index in [2.05, 4.69) is 10.9 Å². The Morgan fingerprint density at radius 3 is 2.84 bits per heavy atom. The van der Waals surface area contributed by atoms with Crippen LogP contribution in [0.5, 0.6) is 0 Å². The van der Waals surface area contributed by atoms with Gasteiger partial charge in [0.15, 0.2) is 6.23 Å². The maximum Gasteiger partial charge on any atom is 0.330 e. The first-order chi connectivity index (χ1) is 8.93. The molecule has 4 atom stereocenters. The van der Waals surface area contributed by atoms with E-state index < -0.39 is 41.7 Å². The predicted molar refractivity (Wildman–Crippen MR) is 65.3 cm³/mol. The van der Waals surface area contributed by atoms with Crippen LogP contribution in [0.4, 0.5) is 0 Å². The maximum absolute atomic E-state index is 11.7. The molecule has 0 spiro atoms. The molecule has 1 aromatic heterocycles. The molecule has 2 rings (SSSR count). The molecule has 2 heterocycles. The summed E-state index contributed by atoms with van der Waals surface area (Å²) in [6, 6.07) is 1.15. The molecule has 19 heavy (non-hydrogen) atoms. The Morgan fingerprint density at radius 1 is 1.63 bits per heavy atom. The van der Waals surface area contributed by atoms with Crippen molar-refractivity contribution >= 4 is 0 Å². The van der Waals surface area contributed by atoms with Gasteiger partial charge in [-0.1, -0.05) is 5.92 Å². The van der Waals surface area contributed by atoms with Crippen LogP contribution in [0.15, 0.2) is 21.9 Å². The number of hydrogen-bond donors (Lipinski definition) is 3. The van der Waals surface area contributed by atoms with Crippen molar-refractivity contribution in [1.29, 1.82) is 0 Å². The van der Waals surface area contributed by atoms with Gasteiger partial charge in [0.25, 0.3) is 5.56 Å². The Hall–Kier alpha value is -1.88. The number of H-pyrrole nitrogens is 1. The van der Waals surface area contributed by atoms with Gasteiger partial charge < -0.3 is 14.9 Å². The van der Waals surface area contributed by atoms with Crippen molar-refractivity contribution in [3.05, 3.63) is 33.1 Å². The van der Waals surface area contributed by atoms with Gasteiger partial charge in [0.1, 0.15) is 17.6 Å². The highest BCUT2D eigenvalue weighted by atomic mass is 16.5. The van der Waals surface area contributed by atoms with Gasteiger partial charge in [0, 0.05) is 12.3 Å². The molecule has 1 aromatic rings. The fraction of sp³-hybridized carbons (Fsp3) is 0.500. The van der Waals surface area contributed by atoms with Gasteiger partial charge in [-0.05, 0) is 6.92 Å². The third-order valence-corrected chi connectivity index (χ3v) is 3.38. The van der Waals surface area contributed by atoms with Crippen LogP contribution in [-0.2, 0) is 4.74 Å². The molecule has 0 aliphatic carbocycles. The van der Waals surface area contributed by atoms with E-state index in [4.69, 9.17) is 16.3 Å². The minimum absolute atomic E-state index is 0.424. The SMILES string of the molecule is C#C[C@@]1(C)C(n2ccc(=O)[nH]c2=O)OC(CO)[C@H]1O. The lowest BCUT2D eigenvalue weighted by Crippen LogP contribution is -2.40. The second-order valence-electron chi connectivity index (χ2n) is 4.60. The van der Waals surface area contributed by atoms with E-state index in [0.29, 0.717) is 0 Å². The summed E-state index contributed by atoms with van der Waals surface area (Å²) >= 11 is 0. The standard InChI is InChI=1S/C12H14N2O5/c1-3-12(2)9(17)7(6-15)19-10(12)14-5-4-8(16)13-11(14)18/h1,4-5,7,9-10,15,17H,6H2,2H3,(H,13,16,18)/t7?,9-,10?,12-/m1/s1. The number of aliphatic hydroxyl groups is 2. The molecule has 3 N–H and O–H groups in total. The molecule has 0 radical (unpaired) electrons. The van der Waals surface area contributed by atoms with Crippen LogP contribution in [-0.4, -0.2) is 38.6 Å². The third kappa shape index (κ3) is 2.00. The lowest BCUT2D eigenvalue weighted by molar-refractivity contribution is -0.0502. The van der Waals surface area contributed by atoms with Gasteiger partial charge >= 0.3 is 5.69 Å². The van der Waals surface area contributed by atoms with Crippen LogP contribution in [0.25, 0.3) is 0 Å². The predicted octanol–water partition coefficient (Wildman–Crippen LogP) is -1.57. The van der Waals surface area contributed by atoms with Crippen LogP contribution < -0.4 is 11.2 Å². The molecule has 0 saturated carbocycles. The number of hydrogen-bond acceptors (Lipinski definition) is 5. The van der Waals surface area contributed by atoms with Gasteiger partial charge in [-0.3, -0.25) is 14.3 Å². The van der Waals surface area contributed by atoms with Crippen LogP contribution >= 0.6 is 0 Å². The number of aliphatic hydroxyl groups excluding tert-OH is 2. The van der Waals surface area contributed by atoms with E-state index in [0.717, 1.165) is 10.6 Å². The molecule has 102 valence electrons. The number of rotatable bonds is 2.